The first kappa shape index (κ1) is 14.7. The van der Waals surface area contributed by atoms with E-state index in [9.17, 15) is 9.18 Å². The Morgan fingerprint density at radius 3 is 2.91 bits per heavy atom. The quantitative estimate of drug-likeness (QED) is 0.941. The SMILES string of the molecule is O=C(CCc1ccc(F)cc1)N1CCOC[C@H]1c1ccn[nH]1. The van der Waals surface area contributed by atoms with Crippen molar-refractivity contribution < 1.29 is 13.9 Å². The lowest BCUT2D eigenvalue weighted by Gasteiger charge is -2.35. The van der Waals surface area contributed by atoms with Gasteiger partial charge in [-0.15, -0.1) is 0 Å². The van der Waals surface area contributed by atoms with E-state index in [0.29, 0.717) is 32.6 Å². The van der Waals surface area contributed by atoms with Gasteiger partial charge in [-0.2, -0.15) is 5.10 Å². The van der Waals surface area contributed by atoms with Crippen LogP contribution >= 0.6 is 0 Å². The van der Waals surface area contributed by atoms with Crippen LogP contribution in [0.2, 0.25) is 0 Å². The molecule has 1 aromatic heterocycles. The second-order valence-corrected chi connectivity index (χ2v) is 5.32. The summed E-state index contributed by atoms with van der Waals surface area (Å²) < 4.78 is 18.4. The van der Waals surface area contributed by atoms with Crippen LogP contribution in [0.5, 0.6) is 0 Å². The van der Waals surface area contributed by atoms with Crippen molar-refractivity contribution in [2.24, 2.45) is 0 Å². The molecule has 0 aliphatic carbocycles. The number of morpholine rings is 1. The third-order valence-corrected chi connectivity index (χ3v) is 3.87. The summed E-state index contributed by atoms with van der Waals surface area (Å²) in [6.45, 7) is 1.60. The first-order valence-electron chi connectivity index (χ1n) is 7.35. The fraction of sp³-hybridized carbons (Fsp3) is 0.375. The number of carbonyl (C=O) groups excluding carboxylic acids is 1. The average Bonchev–Trinajstić information content (AvgIpc) is 3.08. The van der Waals surface area contributed by atoms with Crippen molar-refractivity contribution in [1.82, 2.24) is 15.1 Å². The molecule has 0 spiro atoms. The fourth-order valence-electron chi connectivity index (χ4n) is 2.66. The molecule has 116 valence electrons. The Hall–Kier alpha value is -2.21. The summed E-state index contributed by atoms with van der Waals surface area (Å²) in [4.78, 5) is 14.3. The molecule has 6 heteroatoms. The van der Waals surface area contributed by atoms with Gasteiger partial charge in [-0.25, -0.2) is 4.39 Å². The number of amides is 1. The molecule has 1 atom stereocenters. The largest absolute Gasteiger partial charge is 0.377 e. The molecule has 2 aromatic rings. The maximum absolute atomic E-state index is 12.9. The number of H-pyrrole nitrogens is 1. The Bertz CT molecular complexity index is 613. The molecule has 1 saturated heterocycles. The van der Waals surface area contributed by atoms with Gasteiger partial charge in [0, 0.05) is 19.2 Å². The molecule has 2 heterocycles. The molecule has 3 rings (SSSR count). The van der Waals surface area contributed by atoms with Crippen molar-refractivity contribution >= 4 is 5.91 Å². The summed E-state index contributed by atoms with van der Waals surface area (Å²) in [6.07, 6.45) is 2.67. The number of benzene rings is 1. The standard InChI is InChI=1S/C16H18FN3O2/c17-13-4-1-12(2-5-13)3-6-16(21)20-9-10-22-11-15(20)14-7-8-18-19-14/h1-2,4-5,7-8,15H,3,6,9-11H2,(H,18,19)/t15-/m0/s1. The van der Waals surface area contributed by atoms with Gasteiger partial charge in [-0.05, 0) is 30.2 Å². The van der Waals surface area contributed by atoms with Crippen LogP contribution < -0.4 is 0 Å². The van der Waals surface area contributed by atoms with Crippen LogP contribution in [0, 0.1) is 5.82 Å². The monoisotopic (exact) mass is 303 g/mol. The molecule has 0 bridgehead atoms. The molecular weight excluding hydrogens is 285 g/mol. The van der Waals surface area contributed by atoms with E-state index < -0.39 is 0 Å². The highest BCUT2D eigenvalue weighted by molar-refractivity contribution is 5.77. The van der Waals surface area contributed by atoms with Crippen molar-refractivity contribution in [3.63, 3.8) is 0 Å². The lowest BCUT2D eigenvalue weighted by molar-refractivity contribution is -0.140. The van der Waals surface area contributed by atoms with Crippen LogP contribution in [0.15, 0.2) is 36.5 Å². The van der Waals surface area contributed by atoms with E-state index in [1.807, 2.05) is 11.0 Å². The first-order valence-corrected chi connectivity index (χ1v) is 7.35. The Morgan fingerprint density at radius 1 is 1.36 bits per heavy atom. The fourth-order valence-corrected chi connectivity index (χ4v) is 2.66. The number of carbonyl (C=O) groups is 1. The van der Waals surface area contributed by atoms with Crippen molar-refractivity contribution in [3.8, 4) is 0 Å². The number of aryl methyl sites for hydroxylation is 1. The summed E-state index contributed by atoms with van der Waals surface area (Å²) in [5.41, 5.74) is 1.84. The van der Waals surface area contributed by atoms with Crippen LogP contribution in [-0.4, -0.2) is 40.8 Å². The second-order valence-electron chi connectivity index (χ2n) is 5.32. The van der Waals surface area contributed by atoms with E-state index in [0.717, 1.165) is 11.3 Å². The van der Waals surface area contributed by atoms with Crippen molar-refractivity contribution in [1.29, 1.82) is 0 Å². The van der Waals surface area contributed by atoms with Gasteiger partial charge in [-0.3, -0.25) is 9.89 Å². The zero-order chi connectivity index (χ0) is 15.4. The number of halogens is 1. The van der Waals surface area contributed by atoms with Crippen molar-refractivity contribution in [3.05, 3.63) is 53.6 Å². The van der Waals surface area contributed by atoms with Gasteiger partial charge >= 0.3 is 0 Å². The van der Waals surface area contributed by atoms with Gasteiger partial charge in [0.15, 0.2) is 0 Å². The number of aromatic nitrogens is 2. The number of hydrogen-bond donors (Lipinski definition) is 1. The number of hydrogen-bond acceptors (Lipinski definition) is 3. The molecule has 0 radical (unpaired) electrons. The van der Waals surface area contributed by atoms with Crippen LogP contribution in [0.3, 0.4) is 0 Å². The summed E-state index contributed by atoms with van der Waals surface area (Å²) >= 11 is 0. The Balaban J connectivity index is 1.63. The summed E-state index contributed by atoms with van der Waals surface area (Å²) in [7, 11) is 0. The third kappa shape index (κ3) is 3.33. The molecule has 1 fully saturated rings. The summed E-state index contributed by atoms with van der Waals surface area (Å²) in [5.74, 6) is -0.185. The minimum absolute atomic E-state index is 0.0761. The van der Waals surface area contributed by atoms with E-state index in [1.54, 1.807) is 18.3 Å². The summed E-state index contributed by atoms with van der Waals surface area (Å²) in [6, 6.07) is 8.02. The molecule has 0 saturated carbocycles. The highest BCUT2D eigenvalue weighted by Crippen LogP contribution is 2.23. The Morgan fingerprint density at radius 2 is 2.18 bits per heavy atom. The molecule has 1 aliphatic heterocycles. The lowest BCUT2D eigenvalue weighted by atomic mass is 10.1. The van der Waals surface area contributed by atoms with Crippen molar-refractivity contribution in [2.45, 2.75) is 18.9 Å². The van der Waals surface area contributed by atoms with E-state index in [1.165, 1.54) is 12.1 Å². The van der Waals surface area contributed by atoms with E-state index >= 15 is 0 Å². The Labute approximate surface area is 128 Å². The minimum Gasteiger partial charge on any atom is -0.377 e. The molecule has 0 unspecified atom stereocenters. The molecule has 1 amide bonds. The minimum atomic E-state index is -0.262. The van der Waals surface area contributed by atoms with E-state index in [-0.39, 0.29) is 17.8 Å². The van der Waals surface area contributed by atoms with Gasteiger partial charge < -0.3 is 9.64 Å². The van der Waals surface area contributed by atoms with Gasteiger partial charge in [0.1, 0.15) is 5.82 Å². The molecule has 1 aliphatic rings. The van der Waals surface area contributed by atoms with Gasteiger partial charge in [-0.1, -0.05) is 12.1 Å². The molecular formula is C16H18FN3O2. The number of nitrogens with one attached hydrogen (secondary N) is 1. The summed E-state index contributed by atoms with van der Waals surface area (Å²) in [5, 5.41) is 6.85. The predicted molar refractivity (Wildman–Crippen MR) is 78.6 cm³/mol. The maximum atomic E-state index is 12.9. The number of ether oxygens (including phenoxy) is 1. The molecule has 22 heavy (non-hydrogen) atoms. The number of aromatic amines is 1. The van der Waals surface area contributed by atoms with Crippen LogP contribution in [0.25, 0.3) is 0 Å². The number of nitrogens with zero attached hydrogens (tertiary/aromatic N) is 2. The van der Waals surface area contributed by atoms with E-state index in [4.69, 9.17) is 4.74 Å². The second kappa shape index (κ2) is 6.70. The topological polar surface area (TPSA) is 58.2 Å². The van der Waals surface area contributed by atoms with Gasteiger partial charge in [0.2, 0.25) is 5.91 Å². The molecule has 1 N–H and O–H groups in total. The van der Waals surface area contributed by atoms with Gasteiger partial charge in [0.05, 0.1) is 24.9 Å². The highest BCUT2D eigenvalue weighted by Gasteiger charge is 2.29. The normalized spacial score (nSPS) is 18.4. The zero-order valence-electron chi connectivity index (χ0n) is 12.2. The van der Waals surface area contributed by atoms with Crippen LogP contribution in [0.4, 0.5) is 4.39 Å². The van der Waals surface area contributed by atoms with Crippen LogP contribution in [-0.2, 0) is 16.0 Å². The smallest absolute Gasteiger partial charge is 0.223 e. The zero-order valence-corrected chi connectivity index (χ0v) is 12.2. The van der Waals surface area contributed by atoms with Crippen molar-refractivity contribution in [2.75, 3.05) is 19.8 Å². The maximum Gasteiger partial charge on any atom is 0.223 e. The van der Waals surface area contributed by atoms with Gasteiger partial charge in [0.25, 0.3) is 0 Å². The number of rotatable bonds is 4. The average molecular weight is 303 g/mol. The molecule has 5 nitrogen and oxygen atoms in total. The van der Waals surface area contributed by atoms with E-state index in [2.05, 4.69) is 10.2 Å². The first-order chi connectivity index (χ1) is 10.7. The van der Waals surface area contributed by atoms with Crippen LogP contribution in [0.1, 0.15) is 23.7 Å². The third-order valence-electron chi connectivity index (χ3n) is 3.87. The highest BCUT2D eigenvalue weighted by atomic mass is 19.1. The molecule has 1 aromatic carbocycles. The lowest BCUT2D eigenvalue weighted by Crippen LogP contribution is -2.43. The Kier molecular flexibility index (Phi) is 4.48. The predicted octanol–water partition coefficient (Wildman–Crippen LogP) is 2.08.